The van der Waals surface area contributed by atoms with Gasteiger partial charge in [-0.3, -0.25) is 9.59 Å². The summed E-state index contributed by atoms with van der Waals surface area (Å²) in [7, 11) is 0. The molecule has 1 amide bonds. The highest BCUT2D eigenvalue weighted by Crippen LogP contribution is 2.23. The fourth-order valence-electron chi connectivity index (χ4n) is 2.51. The van der Waals surface area contributed by atoms with Gasteiger partial charge in [0, 0.05) is 12.2 Å². The van der Waals surface area contributed by atoms with Crippen LogP contribution in [0.4, 0.5) is 0 Å². The van der Waals surface area contributed by atoms with Crippen LogP contribution in [0.15, 0.2) is 24.3 Å². The van der Waals surface area contributed by atoms with Gasteiger partial charge in [0.25, 0.3) is 5.91 Å². The monoisotopic (exact) mass is 291 g/mol. The average Bonchev–Trinajstić information content (AvgIpc) is 2.86. The van der Waals surface area contributed by atoms with E-state index in [-0.39, 0.29) is 18.9 Å². The number of ether oxygens (including phenoxy) is 1. The molecular weight excluding hydrogens is 270 g/mol. The first-order valence-electron chi connectivity index (χ1n) is 7.14. The standard InChI is InChI=1S/C16H21NO4/c1-11(2)12-3-5-13(6-4-12)15(20)17-16(9-14(18)19)7-8-21-10-16/h3-6,11H,7-10H2,1-2H3,(H,17,20)(H,18,19). The molecule has 5 nitrogen and oxygen atoms in total. The Morgan fingerprint density at radius 1 is 1.33 bits per heavy atom. The van der Waals surface area contributed by atoms with E-state index in [1.165, 1.54) is 0 Å². The van der Waals surface area contributed by atoms with Crippen LogP contribution in [0.1, 0.15) is 48.5 Å². The topological polar surface area (TPSA) is 75.6 Å². The number of amides is 1. The van der Waals surface area contributed by atoms with E-state index in [1.54, 1.807) is 12.1 Å². The number of nitrogens with one attached hydrogen (secondary N) is 1. The van der Waals surface area contributed by atoms with Gasteiger partial charge in [-0.1, -0.05) is 26.0 Å². The molecule has 0 radical (unpaired) electrons. The fourth-order valence-corrected chi connectivity index (χ4v) is 2.51. The van der Waals surface area contributed by atoms with Crippen molar-refractivity contribution in [2.75, 3.05) is 13.2 Å². The van der Waals surface area contributed by atoms with Crippen molar-refractivity contribution in [3.63, 3.8) is 0 Å². The van der Waals surface area contributed by atoms with Gasteiger partial charge in [-0.25, -0.2) is 0 Å². The molecule has 1 aromatic carbocycles. The predicted molar refractivity (Wildman–Crippen MR) is 78.4 cm³/mol. The van der Waals surface area contributed by atoms with Crippen LogP contribution in [0.25, 0.3) is 0 Å². The summed E-state index contributed by atoms with van der Waals surface area (Å²) >= 11 is 0. The second-order valence-corrected chi connectivity index (χ2v) is 5.88. The molecule has 1 atom stereocenters. The first-order valence-corrected chi connectivity index (χ1v) is 7.14. The Bertz CT molecular complexity index is 516. The Hall–Kier alpha value is -1.88. The van der Waals surface area contributed by atoms with Crippen LogP contribution in [-0.4, -0.2) is 35.7 Å². The predicted octanol–water partition coefficient (Wildman–Crippen LogP) is 2.17. The van der Waals surface area contributed by atoms with Gasteiger partial charge in [0.2, 0.25) is 0 Å². The highest BCUT2D eigenvalue weighted by atomic mass is 16.5. The van der Waals surface area contributed by atoms with Gasteiger partial charge in [-0.05, 0) is 30.0 Å². The van der Waals surface area contributed by atoms with E-state index in [9.17, 15) is 9.59 Å². The normalized spacial score (nSPS) is 21.5. The summed E-state index contributed by atoms with van der Waals surface area (Å²) in [6.07, 6.45) is 0.401. The molecule has 1 fully saturated rings. The lowest BCUT2D eigenvalue weighted by molar-refractivity contribution is -0.138. The molecule has 5 heteroatoms. The van der Waals surface area contributed by atoms with E-state index in [0.717, 1.165) is 5.56 Å². The molecule has 1 unspecified atom stereocenters. The van der Waals surface area contributed by atoms with Gasteiger partial charge in [0.1, 0.15) is 0 Å². The second kappa shape index (κ2) is 6.26. The van der Waals surface area contributed by atoms with Crippen molar-refractivity contribution in [1.82, 2.24) is 5.32 Å². The lowest BCUT2D eigenvalue weighted by atomic mass is 9.93. The number of hydrogen-bond acceptors (Lipinski definition) is 3. The van der Waals surface area contributed by atoms with Gasteiger partial charge < -0.3 is 15.2 Å². The van der Waals surface area contributed by atoms with Crippen LogP contribution in [-0.2, 0) is 9.53 Å². The molecule has 21 heavy (non-hydrogen) atoms. The molecule has 0 saturated carbocycles. The Kier molecular flexibility index (Phi) is 4.63. The van der Waals surface area contributed by atoms with Crippen molar-refractivity contribution in [2.24, 2.45) is 0 Å². The maximum absolute atomic E-state index is 12.3. The largest absolute Gasteiger partial charge is 0.481 e. The van der Waals surface area contributed by atoms with Crippen molar-refractivity contribution < 1.29 is 19.4 Å². The van der Waals surface area contributed by atoms with Crippen LogP contribution in [0, 0.1) is 0 Å². The number of aliphatic carboxylic acids is 1. The molecule has 114 valence electrons. The van der Waals surface area contributed by atoms with Crippen LogP contribution in [0.5, 0.6) is 0 Å². The minimum absolute atomic E-state index is 0.122. The molecule has 0 bridgehead atoms. The Labute approximate surface area is 124 Å². The van der Waals surface area contributed by atoms with Gasteiger partial charge in [0.05, 0.1) is 18.6 Å². The first-order chi connectivity index (χ1) is 9.92. The highest BCUT2D eigenvalue weighted by molar-refractivity contribution is 5.95. The number of carbonyl (C=O) groups is 2. The molecule has 2 N–H and O–H groups in total. The number of carboxylic acid groups (broad SMARTS) is 1. The van der Waals surface area contributed by atoms with Gasteiger partial charge >= 0.3 is 5.97 Å². The van der Waals surface area contributed by atoms with Gasteiger partial charge in [0.15, 0.2) is 0 Å². The zero-order valence-electron chi connectivity index (χ0n) is 12.4. The van der Waals surface area contributed by atoms with Gasteiger partial charge in [-0.15, -0.1) is 0 Å². The highest BCUT2D eigenvalue weighted by Gasteiger charge is 2.38. The number of benzene rings is 1. The van der Waals surface area contributed by atoms with Crippen molar-refractivity contribution >= 4 is 11.9 Å². The van der Waals surface area contributed by atoms with E-state index in [1.807, 2.05) is 12.1 Å². The molecule has 1 aliphatic rings. The Balaban J connectivity index is 2.10. The quantitative estimate of drug-likeness (QED) is 0.872. The van der Waals surface area contributed by atoms with E-state index in [4.69, 9.17) is 9.84 Å². The molecule has 2 rings (SSSR count). The van der Waals surface area contributed by atoms with Crippen LogP contribution < -0.4 is 5.32 Å². The minimum Gasteiger partial charge on any atom is -0.481 e. The lowest BCUT2D eigenvalue weighted by Gasteiger charge is -2.27. The molecule has 1 saturated heterocycles. The zero-order valence-corrected chi connectivity index (χ0v) is 12.4. The summed E-state index contributed by atoms with van der Waals surface area (Å²) in [5.41, 5.74) is 0.909. The van der Waals surface area contributed by atoms with Crippen molar-refractivity contribution in [3.8, 4) is 0 Å². The number of carbonyl (C=O) groups excluding carboxylic acids is 1. The maximum Gasteiger partial charge on any atom is 0.305 e. The van der Waals surface area contributed by atoms with Crippen LogP contribution in [0.2, 0.25) is 0 Å². The third kappa shape index (κ3) is 3.82. The number of carboxylic acids is 1. The van der Waals surface area contributed by atoms with Crippen LogP contribution >= 0.6 is 0 Å². The van der Waals surface area contributed by atoms with Crippen molar-refractivity contribution in [1.29, 1.82) is 0 Å². The fraction of sp³-hybridized carbons (Fsp3) is 0.500. The lowest BCUT2D eigenvalue weighted by Crippen LogP contribution is -2.50. The zero-order chi connectivity index (χ0) is 15.5. The summed E-state index contributed by atoms with van der Waals surface area (Å²) < 4.78 is 5.27. The number of rotatable bonds is 5. The Morgan fingerprint density at radius 3 is 2.48 bits per heavy atom. The smallest absolute Gasteiger partial charge is 0.305 e. The molecular formula is C16H21NO4. The minimum atomic E-state index is -0.934. The van der Waals surface area contributed by atoms with Crippen molar-refractivity contribution in [3.05, 3.63) is 35.4 Å². The summed E-state index contributed by atoms with van der Waals surface area (Å²) in [6.45, 7) is 4.90. The summed E-state index contributed by atoms with van der Waals surface area (Å²) in [4.78, 5) is 23.3. The van der Waals surface area contributed by atoms with E-state index in [2.05, 4.69) is 19.2 Å². The third-order valence-electron chi connectivity index (χ3n) is 3.81. The van der Waals surface area contributed by atoms with E-state index in [0.29, 0.717) is 24.5 Å². The molecule has 1 heterocycles. The Morgan fingerprint density at radius 2 is 2.00 bits per heavy atom. The SMILES string of the molecule is CC(C)c1ccc(C(=O)NC2(CC(=O)O)CCOC2)cc1. The molecule has 1 aliphatic heterocycles. The van der Waals surface area contributed by atoms with Crippen LogP contribution in [0.3, 0.4) is 0 Å². The molecule has 0 aliphatic carbocycles. The molecule has 0 aromatic heterocycles. The van der Waals surface area contributed by atoms with Gasteiger partial charge in [-0.2, -0.15) is 0 Å². The first kappa shape index (κ1) is 15.5. The summed E-state index contributed by atoms with van der Waals surface area (Å²) in [5, 5.41) is 11.9. The third-order valence-corrected chi connectivity index (χ3v) is 3.81. The van der Waals surface area contributed by atoms with E-state index < -0.39 is 11.5 Å². The summed E-state index contributed by atoms with van der Waals surface area (Å²) in [6, 6.07) is 7.40. The maximum atomic E-state index is 12.3. The summed E-state index contributed by atoms with van der Waals surface area (Å²) in [5.74, 6) is -0.781. The number of hydrogen-bond donors (Lipinski definition) is 2. The van der Waals surface area contributed by atoms with E-state index >= 15 is 0 Å². The molecule has 0 spiro atoms. The average molecular weight is 291 g/mol. The molecule has 1 aromatic rings. The van der Waals surface area contributed by atoms with Crippen molar-refractivity contribution in [2.45, 2.75) is 38.1 Å². The second-order valence-electron chi connectivity index (χ2n) is 5.88.